The van der Waals surface area contributed by atoms with Gasteiger partial charge in [-0.15, -0.1) is 15.0 Å². The van der Waals surface area contributed by atoms with Crippen molar-refractivity contribution in [2.45, 2.75) is 0 Å². The fourth-order valence-electron chi connectivity index (χ4n) is 0.766. The van der Waals surface area contributed by atoms with Crippen LogP contribution in [0.2, 0.25) is 0 Å². The summed E-state index contributed by atoms with van der Waals surface area (Å²) in [5.74, 6) is -1.05. The van der Waals surface area contributed by atoms with Gasteiger partial charge < -0.3 is 0 Å². The molecule has 15 heavy (non-hydrogen) atoms. The molecule has 0 amide bonds. The quantitative estimate of drug-likeness (QED) is 0.538. The third kappa shape index (κ3) is 3.38. The Morgan fingerprint density at radius 3 is 2.33 bits per heavy atom. The van der Waals surface area contributed by atoms with E-state index in [-0.39, 0.29) is 5.56 Å². The molecule has 0 radical (unpaired) electrons. The van der Waals surface area contributed by atoms with E-state index in [9.17, 15) is 19.8 Å². The fourth-order valence-corrected chi connectivity index (χ4v) is 0.766. The highest BCUT2D eigenvalue weighted by atomic mass is 17.2. The summed E-state index contributed by atoms with van der Waals surface area (Å²) in [5, 5.41) is 7.40. The molecule has 0 heterocycles. The Balaban J connectivity index is 2.57. The van der Waals surface area contributed by atoms with Gasteiger partial charge in [0.05, 0.1) is 10.5 Å². The van der Waals surface area contributed by atoms with Gasteiger partial charge in [-0.2, -0.15) is 0 Å². The second kappa shape index (κ2) is 4.65. The summed E-state index contributed by atoms with van der Waals surface area (Å²) in [6.45, 7) is 0. The standard InChI is InChI=1S/C7H5N2O6/c10-7(6-4-2-1-3-5-6)14-9(13)15-8(11)12/h1-5H/q+1. The van der Waals surface area contributed by atoms with Gasteiger partial charge in [0.1, 0.15) is 4.91 Å². The summed E-state index contributed by atoms with van der Waals surface area (Å²) >= 11 is 0. The summed E-state index contributed by atoms with van der Waals surface area (Å²) in [7, 11) is 0. The van der Waals surface area contributed by atoms with Crippen LogP contribution < -0.4 is 0 Å². The lowest BCUT2D eigenvalue weighted by molar-refractivity contribution is -1.13. The van der Waals surface area contributed by atoms with Gasteiger partial charge in [0.15, 0.2) is 0 Å². The Labute approximate surface area is 82.6 Å². The third-order valence-electron chi connectivity index (χ3n) is 1.30. The molecule has 0 spiro atoms. The Morgan fingerprint density at radius 1 is 1.20 bits per heavy atom. The smallest absolute Gasteiger partial charge is 0.238 e. The van der Waals surface area contributed by atoms with Crippen molar-refractivity contribution in [1.29, 1.82) is 0 Å². The predicted octanol–water partition coefficient (Wildman–Crippen LogP) is 0.661. The second-order valence-corrected chi connectivity index (χ2v) is 2.27. The van der Waals surface area contributed by atoms with Crippen molar-refractivity contribution in [2.24, 2.45) is 0 Å². The highest BCUT2D eigenvalue weighted by Gasteiger charge is 2.24. The van der Waals surface area contributed by atoms with Crippen LogP contribution >= 0.6 is 0 Å². The molecule has 0 aliphatic heterocycles. The van der Waals surface area contributed by atoms with E-state index in [1.54, 1.807) is 18.2 Å². The van der Waals surface area contributed by atoms with Gasteiger partial charge in [-0.25, -0.2) is 4.79 Å². The van der Waals surface area contributed by atoms with Crippen molar-refractivity contribution in [3.63, 3.8) is 0 Å². The van der Waals surface area contributed by atoms with E-state index < -0.39 is 16.1 Å². The van der Waals surface area contributed by atoms with Crippen LogP contribution in [0.3, 0.4) is 0 Å². The van der Waals surface area contributed by atoms with Crippen LogP contribution in [0.15, 0.2) is 30.3 Å². The Morgan fingerprint density at radius 2 is 1.80 bits per heavy atom. The summed E-state index contributed by atoms with van der Waals surface area (Å²) in [4.78, 5) is 38.4. The van der Waals surface area contributed by atoms with Crippen LogP contribution in [0, 0.1) is 15.0 Å². The Hall–Kier alpha value is -2.51. The highest BCUT2D eigenvalue weighted by molar-refractivity contribution is 5.88. The molecular formula is C7H5N2O6+. The van der Waals surface area contributed by atoms with Crippen molar-refractivity contribution in [2.75, 3.05) is 0 Å². The number of benzene rings is 1. The molecule has 0 fully saturated rings. The molecule has 0 saturated heterocycles. The van der Waals surface area contributed by atoms with Crippen LogP contribution in [-0.4, -0.2) is 16.1 Å². The summed E-state index contributed by atoms with van der Waals surface area (Å²) in [5.41, 5.74) is 0.0743. The number of hydrogen-bond donors (Lipinski definition) is 0. The average molecular weight is 213 g/mol. The molecule has 0 atom stereocenters. The molecule has 1 rings (SSSR count). The van der Waals surface area contributed by atoms with Gasteiger partial charge in [-0.1, -0.05) is 18.2 Å². The monoisotopic (exact) mass is 213 g/mol. The van der Waals surface area contributed by atoms with E-state index in [1.165, 1.54) is 12.1 Å². The maximum Gasteiger partial charge on any atom is 0.484 e. The minimum atomic E-state index is -1.40. The SMILES string of the molecule is O=C(O[N+](=O)O[N+](=O)[O-])c1ccccc1. The van der Waals surface area contributed by atoms with Crippen molar-refractivity contribution in [3.8, 4) is 0 Å². The van der Waals surface area contributed by atoms with Crippen molar-refractivity contribution in [3.05, 3.63) is 50.9 Å². The number of rotatable bonds is 4. The molecule has 8 nitrogen and oxygen atoms in total. The largest absolute Gasteiger partial charge is 0.484 e. The van der Waals surface area contributed by atoms with Gasteiger partial charge in [0.2, 0.25) is 0 Å². The predicted molar refractivity (Wildman–Crippen MR) is 43.6 cm³/mol. The van der Waals surface area contributed by atoms with E-state index in [0.29, 0.717) is 0 Å². The summed E-state index contributed by atoms with van der Waals surface area (Å²) in [6.07, 6.45) is 0. The van der Waals surface area contributed by atoms with Gasteiger partial charge in [-0.05, 0) is 12.1 Å². The first-order valence-electron chi connectivity index (χ1n) is 3.66. The van der Waals surface area contributed by atoms with Gasteiger partial charge in [0.25, 0.3) is 0 Å². The Bertz CT molecular complexity index is 390. The van der Waals surface area contributed by atoms with E-state index in [2.05, 4.69) is 9.78 Å². The number of carbonyl (C=O) groups excluding carboxylic acids is 1. The van der Waals surface area contributed by atoms with Crippen molar-refractivity contribution < 1.29 is 24.7 Å². The lowest BCUT2D eigenvalue weighted by atomic mass is 10.2. The zero-order valence-corrected chi connectivity index (χ0v) is 7.23. The van der Waals surface area contributed by atoms with Crippen LogP contribution in [0.4, 0.5) is 0 Å². The molecule has 0 aliphatic rings. The average Bonchev–Trinajstić information content (AvgIpc) is 2.17. The molecule has 0 unspecified atom stereocenters. The summed E-state index contributed by atoms with van der Waals surface area (Å²) in [6, 6.07) is 7.49. The topological polar surface area (TPSA) is 98.8 Å². The number of hydrogen-bond acceptors (Lipinski definition) is 6. The lowest BCUT2D eigenvalue weighted by Gasteiger charge is -1.91. The zero-order valence-electron chi connectivity index (χ0n) is 7.23. The molecule has 0 aliphatic carbocycles. The minimum Gasteiger partial charge on any atom is -0.238 e. The van der Waals surface area contributed by atoms with Crippen LogP contribution in [-0.2, 0) is 9.78 Å². The van der Waals surface area contributed by atoms with E-state index in [4.69, 9.17) is 0 Å². The molecular weight excluding hydrogens is 208 g/mol. The normalized spacial score (nSPS) is 9.07. The molecule has 8 heteroatoms. The summed E-state index contributed by atoms with van der Waals surface area (Å²) < 4.78 is 0. The minimum absolute atomic E-state index is 0.0743. The first kappa shape index (κ1) is 10.6. The molecule has 0 saturated carbocycles. The molecule has 1 aromatic carbocycles. The molecule has 0 aromatic heterocycles. The van der Waals surface area contributed by atoms with Crippen LogP contribution in [0.25, 0.3) is 0 Å². The first-order chi connectivity index (χ1) is 7.09. The van der Waals surface area contributed by atoms with E-state index in [1.807, 2.05) is 0 Å². The van der Waals surface area contributed by atoms with Crippen molar-refractivity contribution in [1.82, 2.24) is 0 Å². The maximum atomic E-state index is 11.1. The van der Waals surface area contributed by atoms with Crippen molar-refractivity contribution >= 4 is 5.97 Å². The highest BCUT2D eigenvalue weighted by Crippen LogP contribution is 2.01. The molecule has 78 valence electrons. The van der Waals surface area contributed by atoms with Crippen LogP contribution in [0.5, 0.6) is 0 Å². The van der Waals surface area contributed by atoms with Gasteiger partial charge in [0, 0.05) is 0 Å². The molecule has 0 bridgehead atoms. The Kier molecular flexibility index (Phi) is 3.28. The van der Waals surface area contributed by atoms with Gasteiger partial charge in [-0.3, -0.25) is 0 Å². The van der Waals surface area contributed by atoms with E-state index in [0.717, 1.165) is 0 Å². The lowest BCUT2D eigenvalue weighted by Crippen LogP contribution is -2.19. The van der Waals surface area contributed by atoms with Gasteiger partial charge >= 0.3 is 16.1 Å². The number of carbonyl (C=O) groups is 1. The zero-order chi connectivity index (χ0) is 11.3. The second-order valence-electron chi connectivity index (χ2n) is 2.27. The fraction of sp³-hybridized carbons (Fsp3) is 0. The maximum absolute atomic E-state index is 11.1. The number of nitrogens with zero attached hydrogens (tertiary/aromatic N) is 2. The first-order valence-corrected chi connectivity index (χ1v) is 3.66. The van der Waals surface area contributed by atoms with E-state index >= 15 is 0 Å². The molecule has 1 aromatic rings. The third-order valence-corrected chi connectivity index (χ3v) is 1.30. The van der Waals surface area contributed by atoms with Crippen LogP contribution in [0.1, 0.15) is 10.4 Å². The molecule has 0 N–H and O–H groups in total.